The van der Waals surface area contributed by atoms with Crippen molar-refractivity contribution in [3.05, 3.63) is 28.2 Å². The molecule has 2 rings (SSSR count). The Labute approximate surface area is 125 Å². The minimum atomic E-state index is -4.30. The van der Waals surface area contributed by atoms with E-state index in [1.165, 1.54) is 6.07 Å². The number of hydrogen-bond donors (Lipinski definition) is 1. The normalized spacial score (nSPS) is 19.6. The van der Waals surface area contributed by atoms with Gasteiger partial charge in [-0.15, -0.1) is 0 Å². The molecule has 0 spiro atoms. The SMILES string of the molecule is CCNCC1CCN(c2cc(Br)cc(C(F)(F)F)c2)C1. The number of alkyl halides is 3. The van der Waals surface area contributed by atoms with Gasteiger partial charge in [-0.05, 0) is 43.6 Å². The summed E-state index contributed by atoms with van der Waals surface area (Å²) in [6, 6.07) is 4.11. The van der Waals surface area contributed by atoms with Crippen LogP contribution in [0.4, 0.5) is 18.9 Å². The van der Waals surface area contributed by atoms with Gasteiger partial charge in [-0.1, -0.05) is 22.9 Å². The van der Waals surface area contributed by atoms with Gasteiger partial charge < -0.3 is 10.2 Å². The summed E-state index contributed by atoms with van der Waals surface area (Å²) in [5.74, 6) is 0.503. The van der Waals surface area contributed by atoms with E-state index in [-0.39, 0.29) is 0 Å². The second kappa shape index (κ2) is 6.35. The Hall–Kier alpha value is -0.750. The summed E-state index contributed by atoms with van der Waals surface area (Å²) in [6.45, 7) is 5.51. The van der Waals surface area contributed by atoms with E-state index in [1.807, 2.05) is 4.90 Å². The summed E-state index contributed by atoms with van der Waals surface area (Å²) >= 11 is 3.17. The smallest absolute Gasteiger partial charge is 0.371 e. The van der Waals surface area contributed by atoms with Gasteiger partial charge in [0.1, 0.15) is 0 Å². The number of hydrogen-bond acceptors (Lipinski definition) is 2. The predicted molar refractivity (Wildman–Crippen MR) is 78.0 cm³/mol. The molecule has 1 aliphatic rings. The third-order valence-electron chi connectivity index (χ3n) is 3.54. The first-order chi connectivity index (χ1) is 9.40. The fourth-order valence-corrected chi connectivity index (χ4v) is 2.98. The monoisotopic (exact) mass is 350 g/mol. The van der Waals surface area contributed by atoms with Crippen molar-refractivity contribution in [2.75, 3.05) is 31.1 Å². The molecule has 20 heavy (non-hydrogen) atoms. The van der Waals surface area contributed by atoms with E-state index in [1.54, 1.807) is 6.07 Å². The molecular weight excluding hydrogens is 333 g/mol. The van der Waals surface area contributed by atoms with Gasteiger partial charge in [-0.2, -0.15) is 13.2 Å². The van der Waals surface area contributed by atoms with Crippen LogP contribution < -0.4 is 10.2 Å². The molecule has 0 saturated carbocycles. The van der Waals surface area contributed by atoms with Crippen molar-refractivity contribution in [3.8, 4) is 0 Å². The van der Waals surface area contributed by atoms with Crippen LogP contribution in [0.3, 0.4) is 0 Å². The highest BCUT2D eigenvalue weighted by atomic mass is 79.9. The first-order valence-electron chi connectivity index (χ1n) is 6.73. The van der Waals surface area contributed by atoms with E-state index in [2.05, 4.69) is 28.2 Å². The molecular formula is C14H18BrF3N2. The number of benzene rings is 1. The zero-order chi connectivity index (χ0) is 14.8. The molecule has 1 aromatic carbocycles. The molecule has 0 bridgehead atoms. The summed E-state index contributed by atoms with van der Waals surface area (Å²) in [4.78, 5) is 2.03. The summed E-state index contributed by atoms with van der Waals surface area (Å²) in [7, 11) is 0. The van der Waals surface area contributed by atoms with Crippen molar-refractivity contribution in [3.63, 3.8) is 0 Å². The molecule has 0 radical (unpaired) electrons. The molecule has 0 amide bonds. The largest absolute Gasteiger partial charge is 0.416 e. The van der Waals surface area contributed by atoms with E-state index in [9.17, 15) is 13.2 Å². The topological polar surface area (TPSA) is 15.3 Å². The van der Waals surface area contributed by atoms with E-state index in [4.69, 9.17) is 0 Å². The maximum absolute atomic E-state index is 12.8. The quantitative estimate of drug-likeness (QED) is 0.885. The Balaban J connectivity index is 2.12. The molecule has 1 atom stereocenters. The van der Waals surface area contributed by atoms with Crippen LogP contribution in [0, 0.1) is 5.92 Å². The van der Waals surface area contributed by atoms with Gasteiger partial charge in [0.15, 0.2) is 0 Å². The first kappa shape index (κ1) is 15.6. The number of nitrogens with one attached hydrogen (secondary N) is 1. The first-order valence-corrected chi connectivity index (χ1v) is 7.53. The highest BCUT2D eigenvalue weighted by Crippen LogP contribution is 2.35. The summed E-state index contributed by atoms with van der Waals surface area (Å²) < 4.78 is 39.0. The number of rotatable bonds is 4. The van der Waals surface area contributed by atoms with Gasteiger partial charge in [-0.25, -0.2) is 0 Å². The second-order valence-corrected chi connectivity index (χ2v) is 6.02. The van der Waals surface area contributed by atoms with Gasteiger partial charge in [0, 0.05) is 23.2 Å². The van der Waals surface area contributed by atoms with E-state index >= 15 is 0 Å². The lowest BCUT2D eigenvalue weighted by Crippen LogP contribution is -2.26. The van der Waals surface area contributed by atoms with Gasteiger partial charge in [0.25, 0.3) is 0 Å². The molecule has 1 unspecified atom stereocenters. The van der Waals surface area contributed by atoms with Crippen LogP contribution >= 0.6 is 15.9 Å². The Morgan fingerprint density at radius 3 is 2.75 bits per heavy atom. The van der Waals surface area contributed by atoms with Crippen molar-refractivity contribution in [2.45, 2.75) is 19.5 Å². The van der Waals surface area contributed by atoms with Crippen LogP contribution in [0.5, 0.6) is 0 Å². The molecule has 1 N–H and O–H groups in total. The van der Waals surface area contributed by atoms with Crippen molar-refractivity contribution in [2.24, 2.45) is 5.92 Å². The minimum Gasteiger partial charge on any atom is -0.371 e. The zero-order valence-corrected chi connectivity index (χ0v) is 12.9. The molecule has 1 aromatic rings. The van der Waals surface area contributed by atoms with Gasteiger partial charge in [0.05, 0.1) is 5.56 Å². The second-order valence-electron chi connectivity index (χ2n) is 5.10. The van der Waals surface area contributed by atoms with Crippen LogP contribution in [0.25, 0.3) is 0 Å². The maximum atomic E-state index is 12.8. The van der Waals surface area contributed by atoms with Gasteiger partial charge in [-0.3, -0.25) is 0 Å². The summed E-state index contributed by atoms with van der Waals surface area (Å²) in [6.07, 6.45) is -3.29. The van der Waals surface area contributed by atoms with Crippen LogP contribution in [-0.2, 0) is 6.18 Å². The van der Waals surface area contributed by atoms with Crippen molar-refractivity contribution in [1.29, 1.82) is 0 Å². The minimum absolute atomic E-state index is 0.470. The molecule has 2 nitrogen and oxygen atoms in total. The van der Waals surface area contributed by atoms with E-state index < -0.39 is 11.7 Å². The van der Waals surface area contributed by atoms with Crippen LogP contribution in [0.1, 0.15) is 18.9 Å². The van der Waals surface area contributed by atoms with Gasteiger partial charge >= 0.3 is 6.18 Å². The lowest BCUT2D eigenvalue weighted by atomic mass is 10.1. The zero-order valence-electron chi connectivity index (χ0n) is 11.3. The summed E-state index contributed by atoms with van der Waals surface area (Å²) in [5.41, 5.74) is 0.0442. The highest BCUT2D eigenvalue weighted by molar-refractivity contribution is 9.10. The highest BCUT2D eigenvalue weighted by Gasteiger charge is 2.32. The Bertz CT molecular complexity index is 462. The molecule has 1 heterocycles. The lowest BCUT2D eigenvalue weighted by Gasteiger charge is -2.21. The molecule has 1 fully saturated rings. The van der Waals surface area contributed by atoms with Crippen LogP contribution in [0.2, 0.25) is 0 Å². The van der Waals surface area contributed by atoms with Crippen molar-refractivity contribution in [1.82, 2.24) is 5.32 Å². The van der Waals surface area contributed by atoms with Crippen LogP contribution in [0.15, 0.2) is 22.7 Å². The standard InChI is InChI=1S/C14H18BrF3N2/c1-2-19-8-10-3-4-20(9-10)13-6-11(14(16,17)18)5-12(15)7-13/h5-7,10,19H,2-4,8-9H2,1H3. The Kier molecular flexibility index (Phi) is 4.96. The van der Waals surface area contributed by atoms with Crippen molar-refractivity contribution >= 4 is 21.6 Å². The average molecular weight is 351 g/mol. The number of anilines is 1. The van der Waals surface area contributed by atoms with Gasteiger partial charge in [0.2, 0.25) is 0 Å². The maximum Gasteiger partial charge on any atom is 0.416 e. The van der Waals surface area contributed by atoms with Crippen LogP contribution in [-0.4, -0.2) is 26.2 Å². The molecule has 1 saturated heterocycles. The average Bonchev–Trinajstić information content (AvgIpc) is 2.83. The molecule has 6 heteroatoms. The van der Waals surface area contributed by atoms with E-state index in [0.29, 0.717) is 16.1 Å². The Morgan fingerprint density at radius 1 is 1.35 bits per heavy atom. The number of nitrogens with zero attached hydrogens (tertiary/aromatic N) is 1. The molecule has 1 aliphatic heterocycles. The lowest BCUT2D eigenvalue weighted by molar-refractivity contribution is -0.137. The predicted octanol–water partition coefficient (Wildman–Crippen LogP) is 3.90. The molecule has 0 aliphatic carbocycles. The Morgan fingerprint density at radius 2 is 2.10 bits per heavy atom. The third-order valence-corrected chi connectivity index (χ3v) is 4.00. The van der Waals surface area contributed by atoms with Crippen molar-refractivity contribution < 1.29 is 13.2 Å². The summed E-state index contributed by atoms with van der Waals surface area (Å²) in [5, 5.41) is 3.29. The third kappa shape index (κ3) is 3.88. The van der Waals surface area contributed by atoms with E-state index in [0.717, 1.165) is 38.7 Å². The molecule has 112 valence electrons. The number of halogens is 4. The molecule has 0 aromatic heterocycles. The fourth-order valence-electron chi connectivity index (χ4n) is 2.50. The fraction of sp³-hybridized carbons (Fsp3) is 0.571.